The second-order valence-electron chi connectivity index (χ2n) is 9.58. The van der Waals surface area contributed by atoms with E-state index in [2.05, 4.69) is 51.3 Å². The first kappa shape index (κ1) is 23.7. The van der Waals surface area contributed by atoms with Gasteiger partial charge in [-0.05, 0) is 63.3 Å². The van der Waals surface area contributed by atoms with Crippen LogP contribution >= 0.6 is 11.6 Å². The fraction of sp³-hybridized carbons (Fsp3) is 0.385. The molecular weight excluding hydrogens is 462 g/mol. The third-order valence-electron chi connectivity index (χ3n) is 7.00. The Morgan fingerprint density at radius 3 is 2.80 bits per heavy atom. The minimum Gasteiger partial charge on any atom is -0.382 e. The van der Waals surface area contributed by atoms with Gasteiger partial charge in [0.05, 0.1) is 22.2 Å². The fourth-order valence-electron chi connectivity index (χ4n) is 4.76. The molecule has 184 valence electrons. The Balaban J connectivity index is 1.58. The summed E-state index contributed by atoms with van der Waals surface area (Å²) in [5, 5.41) is 4.83. The van der Waals surface area contributed by atoms with Crippen LogP contribution in [0.3, 0.4) is 0 Å². The molecule has 2 atom stereocenters. The number of imidazole rings is 1. The van der Waals surface area contributed by atoms with Gasteiger partial charge in [-0.3, -0.25) is 4.79 Å². The number of pyridine rings is 1. The first-order chi connectivity index (χ1) is 16.8. The van der Waals surface area contributed by atoms with Crippen molar-refractivity contribution in [2.24, 2.45) is 5.73 Å². The van der Waals surface area contributed by atoms with E-state index in [9.17, 15) is 4.79 Å². The van der Waals surface area contributed by atoms with Gasteiger partial charge in [-0.25, -0.2) is 4.98 Å². The summed E-state index contributed by atoms with van der Waals surface area (Å²) in [6.07, 6.45) is 1.96. The van der Waals surface area contributed by atoms with Gasteiger partial charge in [-0.1, -0.05) is 18.5 Å². The van der Waals surface area contributed by atoms with Crippen LogP contribution in [-0.4, -0.2) is 65.7 Å². The number of hydrogen-bond donors (Lipinski definition) is 4. The van der Waals surface area contributed by atoms with Gasteiger partial charge in [0, 0.05) is 47.8 Å². The molecule has 5 N–H and O–H groups in total. The van der Waals surface area contributed by atoms with E-state index >= 15 is 0 Å². The minimum atomic E-state index is -0.222. The highest BCUT2D eigenvalue weighted by Gasteiger charge is 2.25. The van der Waals surface area contributed by atoms with Gasteiger partial charge >= 0.3 is 0 Å². The standard InChI is InChI=1S/C26H32ClN7O/c1-4-16(28)13-29-24-19-11-15(27)5-7-20(19)32-26(35)23(24)25-30-21-8-6-17(12-22(21)31-25)34-10-9-18(14-34)33(2)3/h5-8,11-12,16,18H,4,9-10,13-14,28H2,1-3H3,(H,30,31)(H2,29,32,35)/t16-,18?/m1/s1. The van der Waals surface area contributed by atoms with E-state index in [1.54, 1.807) is 6.07 Å². The number of nitrogens with one attached hydrogen (secondary N) is 3. The Labute approximate surface area is 209 Å². The number of aromatic nitrogens is 3. The monoisotopic (exact) mass is 493 g/mol. The molecule has 0 amide bonds. The van der Waals surface area contributed by atoms with Crippen molar-refractivity contribution >= 4 is 44.9 Å². The van der Waals surface area contributed by atoms with Crippen LogP contribution in [0.15, 0.2) is 41.2 Å². The Kier molecular flexibility index (Phi) is 6.44. The molecule has 3 heterocycles. The van der Waals surface area contributed by atoms with Crippen LogP contribution < -0.4 is 21.5 Å². The average Bonchev–Trinajstić information content (AvgIpc) is 3.49. The van der Waals surface area contributed by atoms with E-state index in [-0.39, 0.29) is 11.6 Å². The molecule has 5 rings (SSSR count). The van der Waals surface area contributed by atoms with Gasteiger partial charge in [0.25, 0.3) is 5.56 Å². The highest BCUT2D eigenvalue weighted by Crippen LogP contribution is 2.33. The van der Waals surface area contributed by atoms with Crippen LogP contribution in [0.2, 0.25) is 5.02 Å². The zero-order chi connectivity index (χ0) is 24.7. The number of rotatable bonds is 7. The van der Waals surface area contributed by atoms with Crippen molar-refractivity contribution in [3.05, 3.63) is 51.8 Å². The third-order valence-corrected chi connectivity index (χ3v) is 7.24. The topological polar surface area (TPSA) is 106 Å². The summed E-state index contributed by atoms with van der Waals surface area (Å²) in [7, 11) is 4.26. The van der Waals surface area contributed by atoms with E-state index in [4.69, 9.17) is 22.3 Å². The number of likely N-dealkylation sites (N-methyl/N-ethyl adjacent to an activating group) is 1. The molecule has 0 aliphatic carbocycles. The zero-order valence-electron chi connectivity index (χ0n) is 20.4. The summed E-state index contributed by atoms with van der Waals surface area (Å²) >= 11 is 6.32. The van der Waals surface area contributed by atoms with E-state index in [0.717, 1.165) is 48.0 Å². The van der Waals surface area contributed by atoms with Crippen molar-refractivity contribution in [3.63, 3.8) is 0 Å². The highest BCUT2D eigenvalue weighted by atomic mass is 35.5. The number of benzene rings is 2. The molecule has 2 aromatic carbocycles. The van der Waals surface area contributed by atoms with E-state index < -0.39 is 0 Å². The van der Waals surface area contributed by atoms with Gasteiger partial charge in [-0.2, -0.15) is 0 Å². The molecule has 0 saturated carbocycles. The summed E-state index contributed by atoms with van der Waals surface area (Å²) in [6.45, 7) is 4.58. The van der Waals surface area contributed by atoms with E-state index in [1.165, 1.54) is 0 Å². The Bertz CT molecular complexity index is 1430. The van der Waals surface area contributed by atoms with E-state index in [1.807, 2.05) is 25.1 Å². The molecule has 0 bridgehead atoms. The SMILES string of the molecule is CC[C@@H](N)CNc1c(-c2nc3ccc(N4CCC(N(C)C)C4)cc3[nH]2)c(=O)[nH]c2ccc(Cl)cc12. The second-order valence-corrected chi connectivity index (χ2v) is 10.0. The van der Waals surface area contributed by atoms with Crippen molar-refractivity contribution < 1.29 is 0 Å². The van der Waals surface area contributed by atoms with Gasteiger partial charge in [0.15, 0.2) is 0 Å². The van der Waals surface area contributed by atoms with Crippen molar-refractivity contribution in [2.75, 3.05) is 43.9 Å². The molecule has 0 radical (unpaired) electrons. The summed E-state index contributed by atoms with van der Waals surface area (Å²) in [5.41, 5.74) is 10.7. The highest BCUT2D eigenvalue weighted by molar-refractivity contribution is 6.31. The lowest BCUT2D eigenvalue weighted by Crippen LogP contribution is -2.31. The Hall–Kier alpha value is -3.07. The smallest absolute Gasteiger partial charge is 0.261 e. The lowest BCUT2D eigenvalue weighted by molar-refractivity contribution is 0.315. The third kappa shape index (κ3) is 4.61. The minimum absolute atomic E-state index is 0.0407. The molecule has 0 spiro atoms. The van der Waals surface area contributed by atoms with Crippen LogP contribution in [0.25, 0.3) is 33.3 Å². The molecule has 1 unspecified atom stereocenters. The van der Waals surface area contributed by atoms with Crippen molar-refractivity contribution in [1.82, 2.24) is 19.9 Å². The van der Waals surface area contributed by atoms with Crippen molar-refractivity contribution in [2.45, 2.75) is 31.8 Å². The number of H-pyrrole nitrogens is 2. The lowest BCUT2D eigenvalue weighted by atomic mass is 10.1. The van der Waals surface area contributed by atoms with Gasteiger partial charge < -0.3 is 30.8 Å². The molecule has 1 fully saturated rings. The maximum Gasteiger partial charge on any atom is 0.261 e. The number of halogens is 1. The average molecular weight is 494 g/mol. The Morgan fingerprint density at radius 1 is 1.23 bits per heavy atom. The molecule has 35 heavy (non-hydrogen) atoms. The summed E-state index contributed by atoms with van der Waals surface area (Å²) in [6, 6.07) is 12.2. The van der Waals surface area contributed by atoms with Crippen LogP contribution in [0.1, 0.15) is 19.8 Å². The summed E-state index contributed by atoms with van der Waals surface area (Å²) < 4.78 is 0. The van der Waals surface area contributed by atoms with Crippen LogP contribution in [0.5, 0.6) is 0 Å². The molecule has 1 aliphatic rings. The van der Waals surface area contributed by atoms with Gasteiger partial charge in [0.2, 0.25) is 0 Å². The van der Waals surface area contributed by atoms with E-state index in [0.29, 0.717) is 40.2 Å². The predicted octanol–water partition coefficient (Wildman–Crippen LogP) is 4.01. The van der Waals surface area contributed by atoms with Gasteiger partial charge in [-0.15, -0.1) is 0 Å². The maximum absolute atomic E-state index is 13.3. The molecule has 8 nitrogen and oxygen atoms in total. The molecule has 4 aromatic rings. The van der Waals surface area contributed by atoms with Crippen LogP contribution in [0, 0.1) is 0 Å². The number of nitrogens with zero attached hydrogens (tertiary/aromatic N) is 3. The van der Waals surface area contributed by atoms with Crippen molar-refractivity contribution in [1.29, 1.82) is 0 Å². The van der Waals surface area contributed by atoms with Gasteiger partial charge in [0.1, 0.15) is 11.4 Å². The predicted molar refractivity (Wildman–Crippen MR) is 146 cm³/mol. The largest absolute Gasteiger partial charge is 0.382 e. The van der Waals surface area contributed by atoms with Crippen LogP contribution in [0.4, 0.5) is 11.4 Å². The zero-order valence-corrected chi connectivity index (χ0v) is 21.1. The lowest BCUT2D eigenvalue weighted by Gasteiger charge is -2.21. The maximum atomic E-state index is 13.3. The molecule has 1 aliphatic heterocycles. The first-order valence-corrected chi connectivity index (χ1v) is 12.5. The quantitative estimate of drug-likeness (QED) is 0.310. The Morgan fingerprint density at radius 2 is 2.06 bits per heavy atom. The summed E-state index contributed by atoms with van der Waals surface area (Å²) in [4.78, 5) is 29.1. The number of fused-ring (bicyclic) bond motifs is 2. The van der Waals surface area contributed by atoms with Crippen LogP contribution in [-0.2, 0) is 0 Å². The second kappa shape index (κ2) is 9.53. The number of anilines is 2. The molecule has 9 heteroatoms. The normalized spacial score (nSPS) is 17.1. The molecule has 1 saturated heterocycles. The fourth-order valence-corrected chi connectivity index (χ4v) is 4.94. The first-order valence-electron chi connectivity index (χ1n) is 12.1. The van der Waals surface area contributed by atoms with Crippen molar-refractivity contribution in [3.8, 4) is 11.4 Å². The molecule has 2 aromatic heterocycles. The number of aromatic amines is 2. The summed E-state index contributed by atoms with van der Waals surface area (Å²) in [5.74, 6) is 0.514. The number of nitrogens with two attached hydrogens (primary N) is 1. The number of hydrogen-bond acceptors (Lipinski definition) is 6. The molecular formula is C26H32ClN7O.